The Balaban J connectivity index is 3.85. The van der Waals surface area contributed by atoms with Gasteiger partial charge in [0.1, 0.15) is 0 Å². The molecule has 0 aromatic rings. The van der Waals surface area contributed by atoms with E-state index in [1.807, 2.05) is 6.92 Å². The largest absolute Gasteiger partial charge is 0.615 e. The highest BCUT2D eigenvalue weighted by Crippen LogP contribution is 2.03. The average molecular weight is 188 g/mol. The Morgan fingerprint density at radius 1 is 1.17 bits per heavy atom. The topological polar surface area (TPSA) is 27.7 Å². The van der Waals surface area contributed by atoms with E-state index in [0.717, 1.165) is 0 Å². The fourth-order valence-corrected chi connectivity index (χ4v) is 1.67. The summed E-state index contributed by atoms with van der Waals surface area (Å²) in [6.45, 7) is 13.2. The van der Waals surface area contributed by atoms with Crippen LogP contribution in [-0.4, -0.2) is 16.1 Å². The summed E-state index contributed by atoms with van der Waals surface area (Å²) in [5.41, 5.74) is 0. The molecule has 0 spiro atoms. The van der Waals surface area contributed by atoms with E-state index in [1.165, 1.54) is 0 Å². The van der Waals surface area contributed by atoms with Crippen LogP contribution in [0.5, 0.6) is 0 Å². The van der Waals surface area contributed by atoms with E-state index in [2.05, 4.69) is 13.2 Å². The van der Waals surface area contributed by atoms with Gasteiger partial charge < -0.3 is 13.3 Å². The molecule has 0 amide bonds. The van der Waals surface area contributed by atoms with Crippen molar-refractivity contribution in [2.45, 2.75) is 20.8 Å². The minimum absolute atomic E-state index is 0.581. The Bertz CT molecular complexity index is 152. The molecule has 0 unspecified atom stereocenters. The summed E-state index contributed by atoms with van der Waals surface area (Å²) in [7, 11) is -2.05. The molecule has 70 valence electrons. The third kappa shape index (κ3) is 6.00. The van der Waals surface area contributed by atoms with Crippen molar-refractivity contribution in [1.82, 2.24) is 0 Å². The Hall–Kier alpha value is -0.743. The standard InChI is InChI=1S/C8H16O3Si/c1-6-9-12(10-7(2)3)11-8(4)5/h12H,2,4,6H2,1,3,5H3. The second-order valence-electron chi connectivity index (χ2n) is 2.38. The van der Waals surface area contributed by atoms with Gasteiger partial charge in [-0.1, -0.05) is 13.2 Å². The molecule has 12 heavy (non-hydrogen) atoms. The van der Waals surface area contributed by atoms with E-state index in [-0.39, 0.29) is 0 Å². The molecule has 0 atom stereocenters. The summed E-state index contributed by atoms with van der Waals surface area (Å²) < 4.78 is 15.7. The zero-order valence-electron chi connectivity index (χ0n) is 7.92. The molecule has 3 nitrogen and oxygen atoms in total. The lowest BCUT2D eigenvalue weighted by Gasteiger charge is -2.16. The van der Waals surface area contributed by atoms with E-state index in [9.17, 15) is 0 Å². The van der Waals surface area contributed by atoms with Crippen LogP contribution >= 0.6 is 0 Å². The maximum absolute atomic E-state index is 5.24. The van der Waals surface area contributed by atoms with Crippen molar-refractivity contribution < 1.29 is 13.3 Å². The quantitative estimate of drug-likeness (QED) is 0.470. The Morgan fingerprint density at radius 3 is 1.83 bits per heavy atom. The molecule has 0 bridgehead atoms. The predicted molar refractivity (Wildman–Crippen MR) is 50.6 cm³/mol. The van der Waals surface area contributed by atoms with E-state index in [4.69, 9.17) is 13.3 Å². The first-order valence-electron chi connectivity index (χ1n) is 3.82. The minimum atomic E-state index is -2.05. The Kier molecular flexibility index (Phi) is 5.49. The van der Waals surface area contributed by atoms with Crippen LogP contribution in [0, 0.1) is 0 Å². The second kappa shape index (κ2) is 5.85. The normalized spacial score (nSPS) is 9.67. The number of hydrogen-bond donors (Lipinski definition) is 0. The highest BCUT2D eigenvalue weighted by molar-refractivity contribution is 6.37. The average Bonchev–Trinajstić information content (AvgIpc) is 1.84. The van der Waals surface area contributed by atoms with Crippen molar-refractivity contribution in [2.24, 2.45) is 0 Å². The molecule has 0 aliphatic rings. The Morgan fingerprint density at radius 2 is 1.58 bits per heavy atom. The molecule has 0 radical (unpaired) electrons. The summed E-state index contributed by atoms with van der Waals surface area (Å²) in [5.74, 6) is 1.22. The van der Waals surface area contributed by atoms with Gasteiger partial charge in [0.15, 0.2) is 0 Å². The van der Waals surface area contributed by atoms with Gasteiger partial charge in [-0.25, -0.2) is 0 Å². The lowest BCUT2D eigenvalue weighted by molar-refractivity contribution is 0.154. The van der Waals surface area contributed by atoms with Crippen LogP contribution in [0.15, 0.2) is 24.7 Å². The van der Waals surface area contributed by atoms with Crippen LogP contribution in [0.3, 0.4) is 0 Å². The maximum atomic E-state index is 5.24. The van der Waals surface area contributed by atoms with Gasteiger partial charge in [-0.3, -0.25) is 0 Å². The molecular formula is C8H16O3Si. The highest BCUT2D eigenvalue weighted by Gasteiger charge is 2.17. The Labute approximate surface area is 75.6 Å². The number of hydrogen-bond acceptors (Lipinski definition) is 3. The lowest BCUT2D eigenvalue weighted by atomic mass is 10.7. The van der Waals surface area contributed by atoms with Crippen LogP contribution in [0.1, 0.15) is 20.8 Å². The van der Waals surface area contributed by atoms with E-state index >= 15 is 0 Å². The first-order valence-corrected chi connectivity index (χ1v) is 5.23. The van der Waals surface area contributed by atoms with Gasteiger partial charge in [-0.2, -0.15) is 0 Å². The van der Waals surface area contributed by atoms with Crippen molar-refractivity contribution >= 4 is 9.53 Å². The molecule has 0 saturated carbocycles. The fraction of sp³-hybridized carbons (Fsp3) is 0.500. The summed E-state index contributed by atoms with van der Waals surface area (Å²) in [6.07, 6.45) is 0. The zero-order valence-corrected chi connectivity index (χ0v) is 9.08. The van der Waals surface area contributed by atoms with Crippen molar-refractivity contribution in [1.29, 1.82) is 0 Å². The van der Waals surface area contributed by atoms with Crippen molar-refractivity contribution in [3.8, 4) is 0 Å². The van der Waals surface area contributed by atoms with Crippen molar-refractivity contribution in [3.63, 3.8) is 0 Å². The van der Waals surface area contributed by atoms with Gasteiger partial charge in [0.05, 0.1) is 11.5 Å². The van der Waals surface area contributed by atoms with Crippen LogP contribution < -0.4 is 0 Å². The summed E-state index contributed by atoms with van der Waals surface area (Å²) >= 11 is 0. The van der Waals surface area contributed by atoms with Gasteiger partial charge in [-0.05, 0) is 20.8 Å². The van der Waals surface area contributed by atoms with Gasteiger partial charge in [0, 0.05) is 6.61 Å². The first kappa shape index (κ1) is 11.3. The zero-order chi connectivity index (χ0) is 9.56. The second-order valence-corrected chi connectivity index (χ2v) is 3.77. The monoisotopic (exact) mass is 188 g/mol. The molecule has 0 N–H and O–H groups in total. The molecule has 0 heterocycles. The lowest BCUT2D eigenvalue weighted by Crippen LogP contribution is -2.25. The maximum Gasteiger partial charge on any atom is 0.615 e. The number of rotatable bonds is 6. The molecule has 0 rings (SSSR count). The number of allylic oxidation sites excluding steroid dienone is 2. The molecule has 0 aliphatic carbocycles. The third-order valence-corrected chi connectivity index (χ3v) is 2.69. The van der Waals surface area contributed by atoms with Crippen LogP contribution in [0.2, 0.25) is 0 Å². The van der Waals surface area contributed by atoms with Crippen molar-refractivity contribution in [3.05, 3.63) is 24.7 Å². The highest BCUT2D eigenvalue weighted by atomic mass is 28.3. The van der Waals surface area contributed by atoms with E-state index in [1.54, 1.807) is 13.8 Å². The summed E-state index contributed by atoms with van der Waals surface area (Å²) in [5, 5.41) is 0. The molecule has 0 saturated heterocycles. The molecule has 0 aromatic heterocycles. The van der Waals surface area contributed by atoms with Gasteiger partial charge >= 0.3 is 9.53 Å². The van der Waals surface area contributed by atoms with Crippen LogP contribution in [0.25, 0.3) is 0 Å². The van der Waals surface area contributed by atoms with Crippen LogP contribution in [0.4, 0.5) is 0 Å². The molecule has 0 aromatic carbocycles. The SMILES string of the molecule is C=C(C)O[SiH](OCC)OC(=C)C. The van der Waals surface area contributed by atoms with E-state index < -0.39 is 9.53 Å². The van der Waals surface area contributed by atoms with Gasteiger partial charge in [-0.15, -0.1) is 0 Å². The van der Waals surface area contributed by atoms with E-state index in [0.29, 0.717) is 18.1 Å². The van der Waals surface area contributed by atoms with Gasteiger partial charge in [0.2, 0.25) is 0 Å². The third-order valence-electron chi connectivity index (χ3n) is 0.898. The van der Waals surface area contributed by atoms with Gasteiger partial charge in [0.25, 0.3) is 0 Å². The fourth-order valence-electron chi connectivity index (χ4n) is 0.557. The van der Waals surface area contributed by atoms with Crippen molar-refractivity contribution in [2.75, 3.05) is 6.61 Å². The summed E-state index contributed by atoms with van der Waals surface area (Å²) in [6, 6.07) is 0. The molecule has 0 aliphatic heterocycles. The molecule has 0 fully saturated rings. The van der Waals surface area contributed by atoms with Crippen LogP contribution in [-0.2, 0) is 13.3 Å². The minimum Gasteiger partial charge on any atom is -0.499 e. The molecule has 4 heteroatoms. The smallest absolute Gasteiger partial charge is 0.499 e. The summed E-state index contributed by atoms with van der Waals surface area (Å²) in [4.78, 5) is 0. The first-order chi connectivity index (χ1) is 5.56. The molecular weight excluding hydrogens is 172 g/mol. The predicted octanol–water partition coefficient (Wildman–Crippen LogP) is 1.84.